The predicted molar refractivity (Wildman–Crippen MR) is 55.7 cm³/mol. The third-order valence-electron chi connectivity index (χ3n) is 2.04. The van der Waals surface area contributed by atoms with Crippen molar-refractivity contribution in [1.29, 1.82) is 0 Å². The van der Waals surface area contributed by atoms with Gasteiger partial charge in [0.2, 0.25) is 0 Å². The molecule has 0 atom stereocenters. The van der Waals surface area contributed by atoms with Crippen molar-refractivity contribution in [2.24, 2.45) is 0 Å². The number of anilines is 1. The van der Waals surface area contributed by atoms with Crippen LogP contribution in [0.1, 0.15) is 10.5 Å². The highest BCUT2D eigenvalue weighted by molar-refractivity contribution is 6.02. The number of H-pyrrole nitrogens is 2. The predicted octanol–water partition coefficient (Wildman–Crippen LogP) is 1.23. The maximum absolute atomic E-state index is 13.2. The van der Waals surface area contributed by atoms with Crippen molar-refractivity contribution < 1.29 is 13.6 Å². The number of benzene rings is 1. The fourth-order valence-corrected chi connectivity index (χ4v) is 1.25. The van der Waals surface area contributed by atoms with Crippen LogP contribution >= 0.6 is 0 Å². The highest BCUT2D eigenvalue weighted by Gasteiger charge is 2.14. The van der Waals surface area contributed by atoms with E-state index in [1.165, 1.54) is 6.07 Å². The topological polar surface area (TPSA) is 77.8 Å². The van der Waals surface area contributed by atoms with Gasteiger partial charge in [0.25, 0.3) is 11.5 Å². The number of rotatable bonds is 2. The smallest absolute Gasteiger partial charge is 0.273 e. The molecule has 2 aromatic rings. The first-order chi connectivity index (χ1) is 8.08. The van der Waals surface area contributed by atoms with Gasteiger partial charge < -0.3 is 5.32 Å². The molecule has 88 valence electrons. The monoisotopic (exact) mass is 239 g/mol. The number of aromatic nitrogens is 2. The molecule has 0 spiro atoms. The van der Waals surface area contributed by atoms with E-state index in [4.69, 9.17) is 0 Å². The Balaban J connectivity index is 2.27. The molecule has 1 amide bonds. The van der Waals surface area contributed by atoms with Gasteiger partial charge in [0.05, 0.1) is 0 Å². The molecule has 0 fully saturated rings. The summed E-state index contributed by atoms with van der Waals surface area (Å²) in [4.78, 5) is 22.3. The molecular formula is C10H7F2N3O2. The Bertz CT molecular complexity index is 598. The van der Waals surface area contributed by atoms with E-state index in [0.717, 1.165) is 18.2 Å². The minimum absolute atomic E-state index is 0.113. The van der Waals surface area contributed by atoms with Crippen LogP contribution in [0.4, 0.5) is 14.5 Å². The summed E-state index contributed by atoms with van der Waals surface area (Å²) >= 11 is 0. The Hall–Kier alpha value is -2.44. The van der Waals surface area contributed by atoms with Gasteiger partial charge in [0.15, 0.2) is 0 Å². The molecule has 0 saturated heterocycles. The fourth-order valence-electron chi connectivity index (χ4n) is 1.25. The van der Waals surface area contributed by atoms with E-state index in [-0.39, 0.29) is 5.69 Å². The average Bonchev–Trinajstić information content (AvgIpc) is 2.70. The van der Waals surface area contributed by atoms with E-state index < -0.39 is 28.8 Å². The summed E-state index contributed by atoms with van der Waals surface area (Å²) in [6.45, 7) is 0. The summed E-state index contributed by atoms with van der Waals surface area (Å²) in [7, 11) is 0. The lowest BCUT2D eigenvalue weighted by molar-refractivity contribution is 0.102. The molecule has 0 radical (unpaired) electrons. The number of para-hydroxylation sites is 1. The van der Waals surface area contributed by atoms with Crippen LogP contribution in [-0.4, -0.2) is 16.1 Å². The first-order valence-electron chi connectivity index (χ1n) is 4.61. The maximum Gasteiger partial charge on any atom is 0.273 e. The van der Waals surface area contributed by atoms with Crippen molar-refractivity contribution in [2.45, 2.75) is 0 Å². The van der Waals surface area contributed by atoms with Crippen molar-refractivity contribution in [3.63, 3.8) is 0 Å². The second kappa shape index (κ2) is 4.20. The van der Waals surface area contributed by atoms with Crippen molar-refractivity contribution in [3.8, 4) is 0 Å². The largest absolute Gasteiger partial charge is 0.316 e. The summed E-state index contributed by atoms with van der Waals surface area (Å²) in [6.07, 6.45) is 0. The Labute approximate surface area is 93.5 Å². The van der Waals surface area contributed by atoms with Crippen LogP contribution in [0.25, 0.3) is 0 Å². The molecule has 0 aliphatic rings. The first kappa shape index (κ1) is 11.1. The number of nitrogens with one attached hydrogen (secondary N) is 3. The first-order valence-corrected chi connectivity index (χ1v) is 4.61. The Morgan fingerprint density at radius 2 is 1.82 bits per heavy atom. The standard InChI is InChI=1S/C10H7F2N3O2/c11-5-2-1-3-6(12)9(5)13-10(17)7-4-8(16)15-14-7/h1-4H,(H,13,17)(H2,14,15,16). The quantitative estimate of drug-likeness (QED) is 0.737. The Morgan fingerprint density at radius 1 is 1.18 bits per heavy atom. The zero-order valence-electron chi connectivity index (χ0n) is 8.38. The molecular weight excluding hydrogens is 232 g/mol. The lowest BCUT2D eigenvalue weighted by Crippen LogP contribution is -2.14. The lowest BCUT2D eigenvalue weighted by atomic mass is 10.2. The normalized spacial score (nSPS) is 10.2. The van der Waals surface area contributed by atoms with Crippen molar-refractivity contribution in [1.82, 2.24) is 10.2 Å². The van der Waals surface area contributed by atoms with Crippen LogP contribution in [0.5, 0.6) is 0 Å². The number of hydrogen-bond acceptors (Lipinski definition) is 2. The van der Waals surface area contributed by atoms with Gasteiger partial charge in [-0.05, 0) is 12.1 Å². The Morgan fingerprint density at radius 3 is 2.35 bits per heavy atom. The molecule has 0 aliphatic carbocycles. The van der Waals surface area contributed by atoms with E-state index in [9.17, 15) is 18.4 Å². The van der Waals surface area contributed by atoms with E-state index in [2.05, 4.69) is 10.2 Å². The van der Waals surface area contributed by atoms with Crippen LogP contribution in [-0.2, 0) is 0 Å². The molecule has 17 heavy (non-hydrogen) atoms. The van der Waals surface area contributed by atoms with E-state index >= 15 is 0 Å². The number of amides is 1. The second-order valence-corrected chi connectivity index (χ2v) is 3.22. The lowest BCUT2D eigenvalue weighted by Gasteiger charge is -2.05. The van der Waals surface area contributed by atoms with Gasteiger partial charge in [0, 0.05) is 6.07 Å². The maximum atomic E-state index is 13.2. The third-order valence-corrected chi connectivity index (χ3v) is 2.04. The summed E-state index contributed by atoms with van der Waals surface area (Å²) in [5.41, 5.74) is -1.18. The summed E-state index contributed by atoms with van der Waals surface area (Å²) in [6, 6.07) is 4.18. The molecule has 0 unspecified atom stereocenters. The van der Waals surface area contributed by atoms with Gasteiger partial charge in [-0.25, -0.2) is 8.78 Å². The number of aromatic amines is 2. The van der Waals surface area contributed by atoms with E-state index in [0.29, 0.717) is 0 Å². The zero-order chi connectivity index (χ0) is 12.4. The minimum Gasteiger partial charge on any atom is -0.316 e. The van der Waals surface area contributed by atoms with Gasteiger partial charge in [-0.3, -0.25) is 19.8 Å². The fraction of sp³-hybridized carbons (Fsp3) is 0. The van der Waals surface area contributed by atoms with Gasteiger partial charge in [-0.2, -0.15) is 0 Å². The third kappa shape index (κ3) is 2.22. The zero-order valence-corrected chi connectivity index (χ0v) is 8.38. The van der Waals surface area contributed by atoms with E-state index in [1.54, 1.807) is 0 Å². The molecule has 5 nitrogen and oxygen atoms in total. The van der Waals surface area contributed by atoms with Gasteiger partial charge in [0.1, 0.15) is 23.0 Å². The molecule has 0 saturated carbocycles. The van der Waals surface area contributed by atoms with Crippen molar-refractivity contribution in [2.75, 3.05) is 5.32 Å². The number of carbonyl (C=O) groups is 1. The van der Waals surface area contributed by atoms with Crippen LogP contribution in [0.3, 0.4) is 0 Å². The molecule has 0 bridgehead atoms. The number of hydrogen-bond donors (Lipinski definition) is 3. The van der Waals surface area contributed by atoms with Crippen molar-refractivity contribution in [3.05, 3.63) is 51.9 Å². The highest BCUT2D eigenvalue weighted by atomic mass is 19.1. The SMILES string of the molecule is O=C(Nc1c(F)cccc1F)c1cc(=O)[nH][nH]1. The van der Waals surface area contributed by atoms with Gasteiger partial charge in [-0.1, -0.05) is 6.07 Å². The van der Waals surface area contributed by atoms with Crippen LogP contribution in [0, 0.1) is 11.6 Å². The Kier molecular flexibility index (Phi) is 2.73. The van der Waals surface area contributed by atoms with Crippen molar-refractivity contribution >= 4 is 11.6 Å². The molecule has 3 N–H and O–H groups in total. The molecule has 1 heterocycles. The summed E-state index contributed by atoms with van der Waals surface area (Å²) in [5.74, 6) is -2.60. The van der Waals surface area contributed by atoms with Crippen LogP contribution in [0.15, 0.2) is 29.1 Å². The van der Waals surface area contributed by atoms with Gasteiger partial charge >= 0.3 is 0 Å². The summed E-state index contributed by atoms with van der Waals surface area (Å²) < 4.78 is 26.4. The van der Waals surface area contributed by atoms with E-state index in [1.807, 2.05) is 5.32 Å². The van der Waals surface area contributed by atoms with Crippen LogP contribution in [0.2, 0.25) is 0 Å². The average molecular weight is 239 g/mol. The molecule has 2 rings (SSSR count). The summed E-state index contributed by atoms with van der Waals surface area (Å²) in [5, 5.41) is 6.43. The highest BCUT2D eigenvalue weighted by Crippen LogP contribution is 2.18. The second-order valence-electron chi connectivity index (χ2n) is 3.22. The molecule has 1 aromatic heterocycles. The molecule has 1 aromatic carbocycles. The van der Waals surface area contributed by atoms with Gasteiger partial charge in [-0.15, -0.1) is 0 Å². The minimum atomic E-state index is -0.892. The molecule has 7 heteroatoms. The number of halogens is 2. The number of carbonyl (C=O) groups excluding carboxylic acids is 1. The van der Waals surface area contributed by atoms with Crippen LogP contribution < -0.4 is 10.9 Å². The molecule has 0 aliphatic heterocycles.